The van der Waals surface area contributed by atoms with Crippen molar-refractivity contribution in [1.29, 1.82) is 0 Å². The number of nitrogens with one attached hydrogen (secondary N) is 1. The lowest BCUT2D eigenvalue weighted by Crippen LogP contribution is -2.38. The van der Waals surface area contributed by atoms with Gasteiger partial charge < -0.3 is 16.8 Å². The highest BCUT2D eigenvalue weighted by atomic mass is 14.9. The first-order valence-corrected chi connectivity index (χ1v) is 3.51. The molecule has 0 aliphatic carbocycles. The van der Waals surface area contributed by atoms with E-state index in [1.165, 1.54) is 6.42 Å². The molecule has 0 aromatic carbocycles. The summed E-state index contributed by atoms with van der Waals surface area (Å²) in [7, 11) is 0. The summed E-state index contributed by atoms with van der Waals surface area (Å²) in [6, 6.07) is 0.208. The minimum Gasteiger partial charge on any atom is -0.329 e. The maximum absolute atomic E-state index is 5.71. The molecule has 0 amide bonds. The van der Waals surface area contributed by atoms with Gasteiger partial charge in [0, 0.05) is 12.6 Å². The van der Waals surface area contributed by atoms with Crippen LogP contribution in [0.1, 0.15) is 6.42 Å². The Morgan fingerprint density at radius 1 is 1.67 bits per heavy atom. The van der Waals surface area contributed by atoms with Crippen LogP contribution >= 0.6 is 0 Å². The lowest BCUT2D eigenvalue weighted by Gasteiger charge is -2.14. The lowest BCUT2D eigenvalue weighted by molar-refractivity contribution is 0.461. The predicted octanol–water partition coefficient (Wildman–Crippen LogP) is -1.12. The molecule has 1 fully saturated rings. The van der Waals surface area contributed by atoms with Gasteiger partial charge in [0.25, 0.3) is 0 Å². The normalized spacial score (nSPS) is 30.7. The Balaban J connectivity index is 2.24. The number of hydrogen-bond acceptors (Lipinski definition) is 3. The van der Waals surface area contributed by atoms with Crippen molar-refractivity contribution < 1.29 is 0 Å². The summed E-state index contributed by atoms with van der Waals surface area (Å²) in [6.45, 7) is 2.78. The van der Waals surface area contributed by atoms with E-state index in [4.69, 9.17) is 11.5 Å². The molecule has 3 heteroatoms. The van der Waals surface area contributed by atoms with Crippen molar-refractivity contribution in [2.24, 2.45) is 17.4 Å². The standard InChI is InChI=1S/C6H15N3/c7-3-6(8)5-1-2-9-4-5/h5-6,9H,1-4,7-8H2. The molecular weight excluding hydrogens is 114 g/mol. The van der Waals surface area contributed by atoms with Crippen LogP contribution in [0.3, 0.4) is 0 Å². The molecule has 1 heterocycles. The molecule has 0 radical (unpaired) electrons. The molecule has 3 nitrogen and oxygen atoms in total. The number of hydrogen-bond donors (Lipinski definition) is 3. The molecule has 0 saturated carbocycles. The van der Waals surface area contributed by atoms with Gasteiger partial charge in [-0.3, -0.25) is 0 Å². The summed E-state index contributed by atoms with van der Waals surface area (Å²) in [4.78, 5) is 0. The Morgan fingerprint density at radius 3 is 2.89 bits per heavy atom. The quantitative estimate of drug-likeness (QED) is 0.442. The molecule has 2 atom stereocenters. The largest absolute Gasteiger partial charge is 0.329 e. The van der Waals surface area contributed by atoms with Crippen LogP contribution < -0.4 is 16.8 Å². The molecule has 0 bridgehead atoms. The molecule has 0 spiro atoms. The molecule has 1 rings (SSSR count). The average molecular weight is 129 g/mol. The SMILES string of the molecule is NCC(N)C1CCNC1. The van der Waals surface area contributed by atoms with E-state index in [-0.39, 0.29) is 6.04 Å². The van der Waals surface area contributed by atoms with Crippen LogP contribution in [0.5, 0.6) is 0 Å². The Kier molecular flexibility index (Phi) is 2.45. The molecule has 54 valence electrons. The minimum absolute atomic E-state index is 0.208. The van der Waals surface area contributed by atoms with E-state index >= 15 is 0 Å². The minimum atomic E-state index is 0.208. The lowest BCUT2D eigenvalue weighted by atomic mass is 10.0. The van der Waals surface area contributed by atoms with Gasteiger partial charge in [0.05, 0.1) is 0 Å². The van der Waals surface area contributed by atoms with E-state index in [0.29, 0.717) is 12.5 Å². The van der Waals surface area contributed by atoms with Crippen LogP contribution in [0.4, 0.5) is 0 Å². The van der Waals surface area contributed by atoms with Gasteiger partial charge in [0.2, 0.25) is 0 Å². The van der Waals surface area contributed by atoms with E-state index in [1.54, 1.807) is 0 Å². The predicted molar refractivity (Wildman–Crippen MR) is 38.0 cm³/mol. The van der Waals surface area contributed by atoms with Crippen LogP contribution in [0.2, 0.25) is 0 Å². The molecule has 1 aliphatic heterocycles. The van der Waals surface area contributed by atoms with Gasteiger partial charge in [0.15, 0.2) is 0 Å². The van der Waals surface area contributed by atoms with Crippen molar-refractivity contribution >= 4 is 0 Å². The third-order valence-electron chi connectivity index (χ3n) is 1.98. The molecule has 9 heavy (non-hydrogen) atoms. The summed E-state index contributed by atoms with van der Waals surface area (Å²) in [5.41, 5.74) is 11.1. The zero-order chi connectivity index (χ0) is 6.69. The Bertz CT molecular complexity index is 78.4. The molecule has 0 aromatic rings. The topological polar surface area (TPSA) is 64.1 Å². The van der Waals surface area contributed by atoms with Crippen LogP contribution in [-0.4, -0.2) is 25.7 Å². The monoisotopic (exact) mass is 129 g/mol. The smallest absolute Gasteiger partial charge is 0.0204 e. The van der Waals surface area contributed by atoms with Crippen LogP contribution in [0, 0.1) is 5.92 Å². The Labute approximate surface area is 55.8 Å². The number of nitrogens with two attached hydrogens (primary N) is 2. The summed E-state index contributed by atoms with van der Waals surface area (Å²) in [5.74, 6) is 0.620. The summed E-state index contributed by atoms with van der Waals surface area (Å²) in [5, 5.41) is 3.25. The average Bonchev–Trinajstić information content (AvgIpc) is 2.37. The molecule has 5 N–H and O–H groups in total. The van der Waals surface area contributed by atoms with Crippen LogP contribution in [0.25, 0.3) is 0 Å². The van der Waals surface area contributed by atoms with Gasteiger partial charge in [-0.2, -0.15) is 0 Å². The molecule has 1 aliphatic rings. The second-order valence-corrected chi connectivity index (χ2v) is 2.65. The van der Waals surface area contributed by atoms with Gasteiger partial charge in [-0.1, -0.05) is 0 Å². The molecular formula is C6H15N3. The molecule has 1 saturated heterocycles. The van der Waals surface area contributed by atoms with Crippen molar-refractivity contribution in [2.75, 3.05) is 19.6 Å². The number of rotatable bonds is 2. The van der Waals surface area contributed by atoms with Crippen molar-refractivity contribution in [2.45, 2.75) is 12.5 Å². The van der Waals surface area contributed by atoms with E-state index in [2.05, 4.69) is 5.32 Å². The summed E-state index contributed by atoms with van der Waals surface area (Å²) >= 11 is 0. The first kappa shape index (κ1) is 6.99. The zero-order valence-corrected chi connectivity index (χ0v) is 5.64. The molecule has 0 aromatic heterocycles. The highest BCUT2D eigenvalue weighted by Crippen LogP contribution is 2.09. The second-order valence-electron chi connectivity index (χ2n) is 2.65. The highest BCUT2D eigenvalue weighted by molar-refractivity contribution is 4.80. The van der Waals surface area contributed by atoms with E-state index in [1.807, 2.05) is 0 Å². The van der Waals surface area contributed by atoms with Gasteiger partial charge >= 0.3 is 0 Å². The van der Waals surface area contributed by atoms with Crippen LogP contribution in [0.15, 0.2) is 0 Å². The zero-order valence-electron chi connectivity index (χ0n) is 5.64. The third-order valence-corrected chi connectivity index (χ3v) is 1.98. The highest BCUT2D eigenvalue weighted by Gasteiger charge is 2.19. The fraction of sp³-hybridized carbons (Fsp3) is 1.00. The third kappa shape index (κ3) is 1.64. The van der Waals surface area contributed by atoms with Gasteiger partial charge in [0.1, 0.15) is 0 Å². The van der Waals surface area contributed by atoms with Crippen LogP contribution in [-0.2, 0) is 0 Å². The molecule has 2 unspecified atom stereocenters. The summed E-state index contributed by atoms with van der Waals surface area (Å²) in [6.07, 6.45) is 1.19. The first-order valence-electron chi connectivity index (χ1n) is 3.51. The maximum atomic E-state index is 5.71. The summed E-state index contributed by atoms with van der Waals surface area (Å²) < 4.78 is 0. The van der Waals surface area contributed by atoms with Gasteiger partial charge in [-0.15, -0.1) is 0 Å². The fourth-order valence-electron chi connectivity index (χ4n) is 1.23. The maximum Gasteiger partial charge on any atom is 0.0204 e. The van der Waals surface area contributed by atoms with Crippen molar-refractivity contribution in [3.05, 3.63) is 0 Å². The van der Waals surface area contributed by atoms with Crippen molar-refractivity contribution in [3.8, 4) is 0 Å². The Hall–Kier alpha value is -0.120. The van der Waals surface area contributed by atoms with Crippen molar-refractivity contribution in [3.63, 3.8) is 0 Å². The second kappa shape index (κ2) is 3.15. The fourth-order valence-corrected chi connectivity index (χ4v) is 1.23. The van der Waals surface area contributed by atoms with Crippen molar-refractivity contribution in [1.82, 2.24) is 5.32 Å². The Morgan fingerprint density at radius 2 is 2.44 bits per heavy atom. The van der Waals surface area contributed by atoms with E-state index in [0.717, 1.165) is 13.1 Å². The van der Waals surface area contributed by atoms with E-state index in [9.17, 15) is 0 Å². The van der Waals surface area contributed by atoms with E-state index < -0.39 is 0 Å². The first-order chi connectivity index (χ1) is 4.34. The van der Waals surface area contributed by atoms with Gasteiger partial charge in [-0.05, 0) is 25.4 Å². The van der Waals surface area contributed by atoms with Gasteiger partial charge in [-0.25, -0.2) is 0 Å².